The number of hydrogen-bond acceptors (Lipinski definition) is 5. The summed E-state index contributed by atoms with van der Waals surface area (Å²) in [5, 5.41) is 13.2. The van der Waals surface area contributed by atoms with Crippen LogP contribution in [0.1, 0.15) is 41.3 Å². The van der Waals surface area contributed by atoms with Crippen LogP contribution >= 0.6 is 0 Å². The Morgan fingerprint density at radius 1 is 1.20 bits per heavy atom. The molecule has 1 fully saturated rings. The lowest BCUT2D eigenvalue weighted by molar-refractivity contribution is -0.132. The van der Waals surface area contributed by atoms with Gasteiger partial charge in [0.05, 0.1) is 6.54 Å². The summed E-state index contributed by atoms with van der Waals surface area (Å²) in [6.45, 7) is 1.57. The summed E-state index contributed by atoms with van der Waals surface area (Å²) in [6, 6.07) is 13.8. The van der Waals surface area contributed by atoms with Crippen LogP contribution < -0.4 is 10.1 Å². The van der Waals surface area contributed by atoms with Crippen molar-refractivity contribution in [1.29, 1.82) is 0 Å². The second-order valence-electron chi connectivity index (χ2n) is 7.67. The van der Waals surface area contributed by atoms with E-state index in [1.54, 1.807) is 31.2 Å². The molecule has 0 radical (unpaired) electrons. The van der Waals surface area contributed by atoms with E-state index >= 15 is 0 Å². The normalized spacial score (nSPS) is 20.9. The molecule has 2 aromatic rings. The second kappa shape index (κ2) is 7.91. The van der Waals surface area contributed by atoms with E-state index in [9.17, 15) is 19.5 Å². The van der Waals surface area contributed by atoms with Gasteiger partial charge in [-0.1, -0.05) is 31.2 Å². The number of benzene rings is 2. The van der Waals surface area contributed by atoms with E-state index in [1.807, 2.05) is 24.3 Å². The van der Waals surface area contributed by atoms with E-state index in [0.717, 1.165) is 22.4 Å². The van der Waals surface area contributed by atoms with Crippen molar-refractivity contribution in [3.05, 3.63) is 65.2 Å². The van der Waals surface area contributed by atoms with E-state index in [2.05, 4.69) is 5.32 Å². The van der Waals surface area contributed by atoms with Crippen LogP contribution in [0.25, 0.3) is 0 Å². The number of ketones is 1. The fourth-order valence-corrected chi connectivity index (χ4v) is 4.15. The number of nitrogens with zero attached hydrogens (tertiary/aromatic N) is 1. The van der Waals surface area contributed by atoms with Crippen molar-refractivity contribution in [2.45, 2.75) is 37.8 Å². The predicted octanol–water partition coefficient (Wildman–Crippen LogP) is 2.41. The summed E-state index contributed by atoms with van der Waals surface area (Å²) in [7, 11) is 0. The first-order chi connectivity index (χ1) is 14.4. The third-order valence-electron chi connectivity index (χ3n) is 5.76. The van der Waals surface area contributed by atoms with Crippen molar-refractivity contribution in [3.63, 3.8) is 0 Å². The van der Waals surface area contributed by atoms with Gasteiger partial charge in [-0.15, -0.1) is 0 Å². The molecule has 7 nitrogen and oxygen atoms in total. The first-order valence-corrected chi connectivity index (χ1v) is 10.1. The molecule has 1 aliphatic heterocycles. The lowest BCUT2D eigenvalue weighted by Gasteiger charge is -2.23. The van der Waals surface area contributed by atoms with Crippen molar-refractivity contribution < 1.29 is 24.2 Å². The summed E-state index contributed by atoms with van der Waals surface area (Å²) in [5.41, 5.74) is 1.46. The lowest BCUT2D eigenvalue weighted by atomic mass is 9.92. The number of urea groups is 1. The van der Waals surface area contributed by atoms with Crippen molar-refractivity contribution in [1.82, 2.24) is 10.2 Å². The summed E-state index contributed by atoms with van der Waals surface area (Å²) in [6.07, 6.45) is 0.626. The van der Waals surface area contributed by atoms with Crippen LogP contribution in [0.15, 0.2) is 48.5 Å². The van der Waals surface area contributed by atoms with Gasteiger partial charge in [-0.25, -0.2) is 4.79 Å². The number of rotatable bonds is 7. The van der Waals surface area contributed by atoms with E-state index in [1.165, 1.54) is 0 Å². The van der Waals surface area contributed by atoms with Gasteiger partial charge in [-0.05, 0) is 48.2 Å². The number of Topliss-reactive ketones (excluding diaryl/α,β-unsaturated/α-hetero) is 1. The van der Waals surface area contributed by atoms with E-state index in [0.29, 0.717) is 24.2 Å². The predicted molar refractivity (Wildman–Crippen MR) is 109 cm³/mol. The minimum Gasteiger partial charge on any atom is -0.491 e. The number of amides is 3. The third-order valence-corrected chi connectivity index (χ3v) is 5.76. The van der Waals surface area contributed by atoms with Crippen LogP contribution in [0.4, 0.5) is 4.79 Å². The zero-order chi connectivity index (χ0) is 21.3. The molecule has 1 heterocycles. The maximum atomic E-state index is 13.1. The van der Waals surface area contributed by atoms with Gasteiger partial charge in [0.1, 0.15) is 24.0 Å². The smallest absolute Gasteiger partial charge is 0.325 e. The molecule has 1 aliphatic carbocycles. The number of fused-ring (bicyclic) bond motifs is 2. The van der Waals surface area contributed by atoms with Gasteiger partial charge in [0.2, 0.25) is 0 Å². The topological polar surface area (TPSA) is 95.9 Å². The van der Waals surface area contributed by atoms with E-state index in [4.69, 9.17) is 4.74 Å². The van der Waals surface area contributed by atoms with Crippen LogP contribution in [0.5, 0.6) is 5.75 Å². The average Bonchev–Trinajstić information content (AvgIpc) is 3.25. The van der Waals surface area contributed by atoms with Crippen LogP contribution in [-0.2, 0) is 16.8 Å². The Kier molecular flexibility index (Phi) is 5.30. The molecule has 2 atom stereocenters. The molecule has 1 spiro atoms. The molecule has 30 heavy (non-hydrogen) atoms. The Bertz CT molecular complexity index is 987. The quantitative estimate of drug-likeness (QED) is 0.542. The zero-order valence-corrected chi connectivity index (χ0v) is 16.8. The van der Waals surface area contributed by atoms with Crippen LogP contribution in [0.3, 0.4) is 0 Å². The van der Waals surface area contributed by atoms with Crippen molar-refractivity contribution in [2.24, 2.45) is 0 Å². The van der Waals surface area contributed by atoms with Gasteiger partial charge < -0.3 is 15.2 Å². The van der Waals surface area contributed by atoms with E-state index < -0.39 is 17.7 Å². The molecule has 2 aliphatic rings. The Hall–Kier alpha value is -3.19. The monoisotopic (exact) mass is 408 g/mol. The molecular weight excluding hydrogens is 384 g/mol. The van der Waals surface area contributed by atoms with Crippen LogP contribution in [0, 0.1) is 0 Å². The Labute approximate surface area is 174 Å². The number of carbonyl (C=O) groups is 3. The summed E-state index contributed by atoms with van der Waals surface area (Å²) < 4.78 is 5.56. The van der Waals surface area contributed by atoms with Crippen molar-refractivity contribution in [3.8, 4) is 5.75 Å². The summed E-state index contributed by atoms with van der Waals surface area (Å²) in [4.78, 5) is 38.3. The highest BCUT2D eigenvalue weighted by Crippen LogP contribution is 2.41. The number of aryl methyl sites for hydroxylation is 1. The maximum absolute atomic E-state index is 13.1. The fourth-order valence-electron chi connectivity index (χ4n) is 4.15. The molecule has 0 saturated carbocycles. The number of hydrogen-bond donors (Lipinski definition) is 2. The molecule has 1 saturated heterocycles. The summed E-state index contributed by atoms with van der Waals surface area (Å²) >= 11 is 0. The minimum absolute atomic E-state index is 0.0440. The third kappa shape index (κ3) is 3.45. The Morgan fingerprint density at radius 3 is 2.67 bits per heavy atom. The van der Waals surface area contributed by atoms with Crippen molar-refractivity contribution in [2.75, 3.05) is 13.2 Å². The average molecular weight is 408 g/mol. The Morgan fingerprint density at radius 2 is 1.93 bits per heavy atom. The lowest BCUT2D eigenvalue weighted by Crippen LogP contribution is -2.43. The number of imide groups is 1. The van der Waals surface area contributed by atoms with Gasteiger partial charge >= 0.3 is 6.03 Å². The minimum atomic E-state index is -1.04. The number of ether oxygens (including phenoxy) is 1. The molecule has 0 aromatic heterocycles. The molecule has 2 aromatic carbocycles. The number of carbonyl (C=O) groups excluding carboxylic acids is 3. The highest BCUT2D eigenvalue weighted by atomic mass is 16.5. The number of aliphatic hydroxyl groups excluding tert-OH is 1. The molecule has 7 heteroatoms. The molecule has 0 bridgehead atoms. The number of nitrogens with one attached hydrogen (secondary N) is 1. The number of aliphatic hydroxyl groups is 1. The standard InChI is InChI=1S/C23H24N2O5/c1-2-20(27)16-7-9-18(10-8-16)30-14-17(26)13-25-21(28)23(24-22(25)29)12-11-15-5-3-4-6-19(15)23/h3-10,17,26H,2,11-14H2,1H3,(H,24,29)/t17-,23-/m0/s1. The molecule has 4 rings (SSSR count). The maximum Gasteiger partial charge on any atom is 0.325 e. The van der Waals surface area contributed by atoms with Crippen LogP contribution in [0.2, 0.25) is 0 Å². The van der Waals surface area contributed by atoms with Gasteiger partial charge in [0.15, 0.2) is 5.78 Å². The van der Waals surface area contributed by atoms with Gasteiger partial charge in [0.25, 0.3) is 5.91 Å². The Balaban J connectivity index is 1.38. The molecule has 2 N–H and O–H groups in total. The molecule has 3 amide bonds. The van der Waals surface area contributed by atoms with Gasteiger partial charge in [-0.2, -0.15) is 0 Å². The van der Waals surface area contributed by atoms with Crippen LogP contribution in [-0.4, -0.2) is 47.0 Å². The molecule has 156 valence electrons. The first kappa shape index (κ1) is 20.1. The summed E-state index contributed by atoms with van der Waals surface area (Å²) in [5.74, 6) is 0.210. The largest absolute Gasteiger partial charge is 0.491 e. The first-order valence-electron chi connectivity index (χ1n) is 10.1. The van der Waals surface area contributed by atoms with Gasteiger partial charge in [-0.3, -0.25) is 14.5 Å². The highest BCUT2D eigenvalue weighted by molar-refractivity contribution is 6.08. The number of β-amino-alcohol motifs (C(OH)–C–C–N with tert-alkyl or cyclic N) is 1. The molecule has 0 unspecified atom stereocenters. The molecular formula is C23H24N2O5. The second-order valence-corrected chi connectivity index (χ2v) is 7.67. The van der Waals surface area contributed by atoms with E-state index in [-0.39, 0.29) is 24.8 Å². The van der Waals surface area contributed by atoms with Crippen molar-refractivity contribution >= 4 is 17.7 Å². The highest BCUT2D eigenvalue weighted by Gasteiger charge is 2.55. The fraction of sp³-hybridized carbons (Fsp3) is 0.348. The SMILES string of the molecule is CCC(=O)c1ccc(OC[C@@H](O)CN2C(=O)N[C@]3(CCc4ccccc43)C2=O)cc1. The zero-order valence-electron chi connectivity index (χ0n) is 16.8. The van der Waals surface area contributed by atoms with Gasteiger partial charge in [0, 0.05) is 12.0 Å².